The van der Waals surface area contributed by atoms with Gasteiger partial charge in [-0.25, -0.2) is 0 Å². The van der Waals surface area contributed by atoms with Crippen molar-refractivity contribution in [3.8, 4) is 0 Å². The molecule has 6 heteroatoms. The van der Waals surface area contributed by atoms with Crippen LogP contribution in [0.15, 0.2) is 24.3 Å². The summed E-state index contributed by atoms with van der Waals surface area (Å²) in [5.74, 6) is 0.134. The first-order valence-corrected chi connectivity index (χ1v) is 10.6. The number of hydrogen-bond donors (Lipinski definition) is 2. The number of piperazine rings is 1. The number of carbonyl (C=O) groups excluding carboxylic acids is 2. The van der Waals surface area contributed by atoms with Crippen molar-refractivity contribution in [1.29, 1.82) is 0 Å². The van der Waals surface area contributed by atoms with Crippen LogP contribution >= 0.6 is 0 Å². The van der Waals surface area contributed by atoms with Crippen molar-refractivity contribution in [3.63, 3.8) is 0 Å². The van der Waals surface area contributed by atoms with Crippen LogP contribution in [-0.4, -0.2) is 59.9 Å². The number of hydrogen-bond acceptors (Lipinski definition) is 4. The van der Waals surface area contributed by atoms with E-state index in [2.05, 4.69) is 17.1 Å². The number of nitrogens with one attached hydrogen (secondary N) is 1. The molecule has 154 valence electrons. The minimum atomic E-state index is -0.390. The minimum absolute atomic E-state index is 0.00231. The van der Waals surface area contributed by atoms with Crippen LogP contribution in [0.1, 0.15) is 45.1 Å². The lowest BCUT2D eigenvalue weighted by Crippen LogP contribution is -2.57. The average Bonchev–Trinajstić information content (AvgIpc) is 2.68. The highest BCUT2D eigenvalue weighted by Gasteiger charge is 2.40. The molecule has 2 unspecified atom stereocenters. The Morgan fingerprint density at radius 2 is 1.89 bits per heavy atom. The smallest absolute Gasteiger partial charge is 0.238 e. The maximum atomic E-state index is 13.0. The number of nitrogens with two attached hydrogens (primary N) is 1. The van der Waals surface area contributed by atoms with Crippen LogP contribution < -0.4 is 11.1 Å². The molecule has 1 aromatic rings. The van der Waals surface area contributed by atoms with Gasteiger partial charge in [-0.05, 0) is 37.8 Å². The summed E-state index contributed by atoms with van der Waals surface area (Å²) in [7, 11) is 0. The Bertz CT molecular complexity index is 696. The standard InChI is InChI=1S/C22H34N4O2/c1-3-17-8-4-5-10-19(17)24-20(27)16-25-12-14-26(15-13-25)21(28)18-9-6-7-11-22(18,2)23/h4-5,8,10,18H,3,6-7,9,11-16,23H2,1-2H3,(H,24,27). The predicted molar refractivity (Wildman–Crippen MR) is 112 cm³/mol. The fraction of sp³-hybridized carbons (Fsp3) is 0.636. The second-order valence-electron chi connectivity index (χ2n) is 8.46. The fourth-order valence-electron chi connectivity index (χ4n) is 4.45. The number of para-hydroxylation sites is 1. The minimum Gasteiger partial charge on any atom is -0.340 e. The predicted octanol–water partition coefficient (Wildman–Crippen LogP) is 2.24. The van der Waals surface area contributed by atoms with Crippen molar-refractivity contribution in [1.82, 2.24) is 9.80 Å². The Morgan fingerprint density at radius 1 is 1.18 bits per heavy atom. The normalized spacial score (nSPS) is 26.1. The summed E-state index contributed by atoms with van der Waals surface area (Å²) < 4.78 is 0. The average molecular weight is 387 g/mol. The molecule has 1 heterocycles. The number of nitrogens with zero attached hydrogens (tertiary/aromatic N) is 2. The van der Waals surface area contributed by atoms with Crippen LogP contribution in [0.4, 0.5) is 5.69 Å². The molecule has 1 saturated carbocycles. The molecule has 3 rings (SSSR count). The molecule has 3 N–H and O–H groups in total. The molecule has 0 radical (unpaired) electrons. The number of amides is 2. The lowest BCUT2D eigenvalue weighted by Gasteiger charge is -2.42. The molecule has 1 aromatic carbocycles. The van der Waals surface area contributed by atoms with E-state index in [4.69, 9.17) is 5.73 Å². The molecule has 2 fully saturated rings. The molecular weight excluding hydrogens is 352 g/mol. The van der Waals surface area contributed by atoms with Crippen molar-refractivity contribution < 1.29 is 9.59 Å². The van der Waals surface area contributed by atoms with Gasteiger partial charge in [-0.3, -0.25) is 14.5 Å². The lowest BCUT2D eigenvalue weighted by molar-refractivity contribution is -0.140. The Labute approximate surface area is 168 Å². The van der Waals surface area contributed by atoms with Crippen molar-refractivity contribution in [3.05, 3.63) is 29.8 Å². The monoisotopic (exact) mass is 386 g/mol. The van der Waals surface area contributed by atoms with E-state index in [-0.39, 0.29) is 23.3 Å². The first-order valence-electron chi connectivity index (χ1n) is 10.6. The second-order valence-corrected chi connectivity index (χ2v) is 8.46. The fourth-order valence-corrected chi connectivity index (χ4v) is 4.45. The van der Waals surface area contributed by atoms with E-state index in [1.165, 1.54) is 0 Å². The number of anilines is 1. The molecule has 0 bridgehead atoms. The van der Waals surface area contributed by atoms with E-state index >= 15 is 0 Å². The highest BCUT2D eigenvalue weighted by Crippen LogP contribution is 2.33. The van der Waals surface area contributed by atoms with E-state index in [1.54, 1.807) is 0 Å². The summed E-state index contributed by atoms with van der Waals surface area (Å²) in [5.41, 5.74) is 8.05. The van der Waals surface area contributed by atoms with Crippen LogP contribution in [-0.2, 0) is 16.0 Å². The van der Waals surface area contributed by atoms with Gasteiger partial charge in [-0.2, -0.15) is 0 Å². The number of rotatable bonds is 5. The third-order valence-electron chi connectivity index (χ3n) is 6.28. The SMILES string of the molecule is CCc1ccccc1NC(=O)CN1CCN(C(=O)C2CCCCC2(C)N)CC1. The van der Waals surface area contributed by atoms with Crippen LogP contribution in [0.25, 0.3) is 0 Å². The van der Waals surface area contributed by atoms with Crippen molar-refractivity contribution in [2.75, 3.05) is 38.0 Å². The molecule has 2 aliphatic rings. The maximum Gasteiger partial charge on any atom is 0.238 e. The Balaban J connectivity index is 1.48. The molecule has 1 aliphatic carbocycles. The number of aryl methyl sites for hydroxylation is 1. The first-order chi connectivity index (χ1) is 13.4. The highest BCUT2D eigenvalue weighted by atomic mass is 16.2. The van der Waals surface area contributed by atoms with Gasteiger partial charge >= 0.3 is 0 Å². The molecule has 0 spiro atoms. The topological polar surface area (TPSA) is 78.7 Å². The van der Waals surface area contributed by atoms with Gasteiger partial charge < -0.3 is 16.0 Å². The summed E-state index contributed by atoms with van der Waals surface area (Å²) in [6.07, 6.45) is 4.90. The molecule has 2 atom stereocenters. The van der Waals surface area contributed by atoms with E-state index in [1.807, 2.05) is 36.1 Å². The molecule has 0 aromatic heterocycles. The van der Waals surface area contributed by atoms with E-state index in [9.17, 15) is 9.59 Å². The van der Waals surface area contributed by atoms with Gasteiger partial charge in [0.05, 0.1) is 12.5 Å². The third kappa shape index (κ3) is 4.92. The Morgan fingerprint density at radius 3 is 2.57 bits per heavy atom. The zero-order valence-electron chi connectivity index (χ0n) is 17.2. The summed E-state index contributed by atoms with van der Waals surface area (Å²) in [4.78, 5) is 29.5. The van der Waals surface area contributed by atoms with Gasteiger partial charge in [0.15, 0.2) is 0 Å². The number of benzene rings is 1. The van der Waals surface area contributed by atoms with Crippen LogP contribution in [0.5, 0.6) is 0 Å². The largest absolute Gasteiger partial charge is 0.340 e. The van der Waals surface area contributed by atoms with Crippen molar-refractivity contribution in [2.24, 2.45) is 11.7 Å². The zero-order chi connectivity index (χ0) is 20.1. The van der Waals surface area contributed by atoms with E-state index < -0.39 is 0 Å². The maximum absolute atomic E-state index is 13.0. The van der Waals surface area contributed by atoms with Gasteiger partial charge in [-0.1, -0.05) is 38.0 Å². The summed E-state index contributed by atoms with van der Waals surface area (Å²) in [6, 6.07) is 7.91. The van der Waals surface area contributed by atoms with Gasteiger partial charge in [0.25, 0.3) is 0 Å². The summed E-state index contributed by atoms with van der Waals surface area (Å²) in [5, 5.41) is 3.03. The van der Waals surface area contributed by atoms with Gasteiger partial charge in [0.2, 0.25) is 11.8 Å². The lowest BCUT2D eigenvalue weighted by atomic mass is 9.74. The molecule has 1 aliphatic heterocycles. The van der Waals surface area contributed by atoms with Gasteiger partial charge in [0, 0.05) is 37.4 Å². The second kappa shape index (κ2) is 9.05. The van der Waals surface area contributed by atoms with Gasteiger partial charge in [0.1, 0.15) is 0 Å². The molecule has 2 amide bonds. The van der Waals surface area contributed by atoms with Crippen LogP contribution in [0.3, 0.4) is 0 Å². The van der Waals surface area contributed by atoms with Crippen LogP contribution in [0.2, 0.25) is 0 Å². The summed E-state index contributed by atoms with van der Waals surface area (Å²) >= 11 is 0. The summed E-state index contributed by atoms with van der Waals surface area (Å²) in [6.45, 7) is 7.25. The Hall–Kier alpha value is -1.92. The highest BCUT2D eigenvalue weighted by molar-refractivity contribution is 5.93. The van der Waals surface area contributed by atoms with Crippen LogP contribution in [0, 0.1) is 5.92 Å². The first kappa shape index (κ1) is 20.8. The zero-order valence-corrected chi connectivity index (χ0v) is 17.2. The quantitative estimate of drug-likeness (QED) is 0.813. The van der Waals surface area contributed by atoms with Gasteiger partial charge in [-0.15, -0.1) is 0 Å². The third-order valence-corrected chi connectivity index (χ3v) is 6.28. The van der Waals surface area contributed by atoms with Crippen molar-refractivity contribution >= 4 is 17.5 Å². The van der Waals surface area contributed by atoms with E-state index in [0.717, 1.165) is 56.4 Å². The molecular formula is C22H34N4O2. The molecule has 1 saturated heterocycles. The van der Waals surface area contributed by atoms with Crippen molar-refractivity contribution in [2.45, 2.75) is 51.5 Å². The number of carbonyl (C=O) groups is 2. The molecule has 28 heavy (non-hydrogen) atoms. The molecule has 6 nitrogen and oxygen atoms in total. The Kier molecular flexibility index (Phi) is 6.73. The van der Waals surface area contributed by atoms with E-state index in [0.29, 0.717) is 19.6 Å².